The number of urea groups is 1. The molecule has 0 aliphatic carbocycles. The summed E-state index contributed by atoms with van der Waals surface area (Å²) in [5, 5.41) is 2.35. The van der Waals surface area contributed by atoms with Gasteiger partial charge in [-0.2, -0.15) is 0 Å². The van der Waals surface area contributed by atoms with E-state index in [0.29, 0.717) is 11.4 Å². The third-order valence-corrected chi connectivity index (χ3v) is 1.34. The van der Waals surface area contributed by atoms with Gasteiger partial charge in [-0.25, -0.2) is 9.59 Å². The van der Waals surface area contributed by atoms with Gasteiger partial charge in [0.1, 0.15) is 5.75 Å². The third kappa shape index (κ3) is 3.02. The Bertz CT molecular complexity index is 312. The lowest BCUT2D eigenvalue weighted by Crippen LogP contribution is -2.19. The van der Waals surface area contributed by atoms with Crippen LogP contribution in [-0.2, 0) is 0 Å². The Morgan fingerprint density at radius 3 is 2.14 bits per heavy atom. The van der Waals surface area contributed by atoms with Crippen LogP contribution < -0.4 is 21.5 Å². The summed E-state index contributed by atoms with van der Waals surface area (Å²) >= 11 is 0. The van der Waals surface area contributed by atoms with E-state index in [1.807, 2.05) is 0 Å². The minimum Gasteiger partial charge on any atom is -0.411 e. The van der Waals surface area contributed by atoms with Gasteiger partial charge in [-0.1, -0.05) is 0 Å². The molecule has 0 saturated heterocycles. The van der Waals surface area contributed by atoms with Crippen LogP contribution in [0.2, 0.25) is 0 Å². The lowest BCUT2D eigenvalue weighted by molar-refractivity contribution is 0.211. The summed E-state index contributed by atoms with van der Waals surface area (Å²) in [6.45, 7) is 0. The number of benzene rings is 1. The maximum Gasteiger partial charge on any atom is 0.409 e. The van der Waals surface area contributed by atoms with Crippen LogP contribution in [0.5, 0.6) is 5.75 Å². The van der Waals surface area contributed by atoms with Crippen molar-refractivity contribution in [3.8, 4) is 5.75 Å². The number of amides is 3. The highest BCUT2D eigenvalue weighted by molar-refractivity contribution is 5.87. The lowest BCUT2D eigenvalue weighted by Gasteiger charge is -2.03. The fraction of sp³-hybridized carbons (Fsp3) is 0. The van der Waals surface area contributed by atoms with Crippen molar-refractivity contribution in [3.63, 3.8) is 0 Å². The molecule has 1 rings (SSSR count). The summed E-state index contributed by atoms with van der Waals surface area (Å²) in [5.74, 6) is 0.299. The van der Waals surface area contributed by atoms with Gasteiger partial charge >= 0.3 is 12.1 Å². The summed E-state index contributed by atoms with van der Waals surface area (Å²) < 4.78 is 4.57. The SMILES string of the molecule is NC(=O)Nc1ccc(OC(N)=O)cc1. The number of anilines is 1. The Morgan fingerprint density at radius 2 is 1.71 bits per heavy atom. The smallest absolute Gasteiger partial charge is 0.409 e. The number of carbonyl (C=O) groups excluding carboxylic acids is 2. The normalized spacial score (nSPS) is 9.14. The highest BCUT2D eigenvalue weighted by Gasteiger charge is 1.99. The van der Waals surface area contributed by atoms with E-state index in [1.165, 1.54) is 24.3 Å². The van der Waals surface area contributed by atoms with E-state index in [9.17, 15) is 9.59 Å². The van der Waals surface area contributed by atoms with Crippen LogP contribution in [0.4, 0.5) is 15.3 Å². The second-order valence-corrected chi connectivity index (χ2v) is 2.43. The molecule has 5 N–H and O–H groups in total. The van der Waals surface area contributed by atoms with Crippen LogP contribution in [-0.4, -0.2) is 12.1 Å². The number of primary amides is 2. The van der Waals surface area contributed by atoms with E-state index < -0.39 is 12.1 Å². The minimum absolute atomic E-state index is 0.299. The molecule has 0 spiro atoms. The van der Waals surface area contributed by atoms with Crippen molar-refractivity contribution in [3.05, 3.63) is 24.3 Å². The molecule has 1 aromatic rings. The maximum absolute atomic E-state index is 10.4. The molecule has 0 aromatic heterocycles. The second kappa shape index (κ2) is 4.13. The standard InChI is InChI=1S/C8H9N3O3/c9-7(12)11-5-1-3-6(4-2-5)14-8(10)13/h1-4H,(H2,10,13)(H3,9,11,12). The molecule has 0 aliphatic rings. The molecule has 1 aromatic carbocycles. The molecule has 0 fully saturated rings. The van der Waals surface area contributed by atoms with E-state index in [-0.39, 0.29) is 0 Å². The van der Waals surface area contributed by atoms with Crippen molar-refractivity contribution in [2.45, 2.75) is 0 Å². The molecule has 0 aliphatic heterocycles. The van der Waals surface area contributed by atoms with Gasteiger partial charge in [-0.05, 0) is 24.3 Å². The number of ether oxygens (including phenoxy) is 1. The predicted octanol–water partition coefficient (Wildman–Crippen LogP) is 0.635. The van der Waals surface area contributed by atoms with Crippen molar-refractivity contribution >= 4 is 17.8 Å². The second-order valence-electron chi connectivity index (χ2n) is 2.43. The molecule has 0 saturated carbocycles. The summed E-state index contributed by atoms with van der Waals surface area (Å²) in [4.78, 5) is 20.8. The van der Waals surface area contributed by atoms with Gasteiger partial charge in [0.05, 0.1) is 0 Å². The van der Waals surface area contributed by atoms with E-state index in [0.717, 1.165) is 0 Å². The fourth-order valence-electron chi connectivity index (χ4n) is 0.865. The van der Waals surface area contributed by atoms with Gasteiger partial charge in [0.25, 0.3) is 0 Å². The highest BCUT2D eigenvalue weighted by Crippen LogP contribution is 2.15. The number of rotatable bonds is 2. The van der Waals surface area contributed by atoms with Gasteiger partial charge in [-0.3, -0.25) is 0 Å². The Hall–Kier alpha value is -2.24. The first-order valence-corrected chi connectivity index (χ1v) is 3.72. The fourth-order valence-corrected chi connectivity index (χ4v) is 0.865. The van der Waals surface area contributed by atoms with Crippen molar-refractivity contribution in [2.24, 2.45) is 11.5 Å². The average Bonchev–Trinajstić information content (AvgIpc) is 2.06. The van der Waals surface area contributed by atoms with Gasteiger partial charge in [-0.15, -0.1) is 0 Å². The molecule has 3 amide bonds. The van der Waals surface area contributed by atoms with E-state index in [4.69, 9.17) is 11.5 Å². The maximum atomic E-state index is 10.4. The minimum atomic E-state index is -0.888. The van der Waals surface area contributed by atoms with Crippen molar-refractivity contribution in [1.29, 1.82) is 0 Å². The topological polar surface area (TPSA) is 107 Å². The van der Waals surface area contributed by atoms with Crippen LogP contribution in [0.25, 0.3) is 0 Å². The molecule has 0 heterocycles. The number of carbonyl (C=O) groups is 2. The van der Waals surface area contributed by atoms with Crippen LogP contribution in [0, 0.1) is 0 Å². The number of hydrogen-bond donors (Lipinski definition) is 3. The monoisotopic (exact) mass is 195 g/mol. The summed E-state index contributed by atoms with van der Waals surface area (Å²) in [6.07, 6.45) is -0.888. The Labute approximate surface area is 79.8 Å². The first-order valence-electron chi connectivity index (χ1n) is 3.72. The third-order valence-electron chi connectivity index (χ3n) is 1.34. The molecule has 6 nitrogen and oxygen atoms in total. The molecule has 14 heavy (non-hydrogen) atoms. The quantitative estimate of drug-likeness (QED) is 0.644. The van der Waals surface area contributed by atoms with Gasteiger partial charge in [0, 0.05) is 5.69 Å². The van der Waals surface area contributed by atoms with Crippen LogP contribution in [0.3, 0.4) is 0 Å². The predicted molar refractivity (Wildman–Crippen MR) is 49.9 cm³/mol. The highest BCUT2D eigenvalue weighted by atomic mass is 16.5. The number of nitrogens with two attached hydrogens (primary N) is 2. The first-order chi connectivity index (χ1) is 6.58. The molecule has 6 heteroatoms. The molecule has 0 bridgehead atoms. The zero-order valence-electron chi connectivity index (χ0n) is 7.19. The zero-order valence-corrected chi connectivity index (χ0v) is 7.19. The van der Waals surface area contributed by atoms with Crippen LogP contribution >= 0.6 is 0 Å². The molecule has 0 atom stereocenters. The Kier molecular flexibility index (Phi) is 2.90. The van der Waals surface area contributed by atoms with Gasteiger partial charge in [0.2, 0.25) is 0 Å². The molecule has 74 valence electrons. The van der Waals surface area contributed by atoms with E-state index in [2.05, 4.69) is 10.1 Å². The summed E-state index contributed by atoms with van der Waals surface area (Å²) in [6, 6.07) is 5.37. The zero-order chi connectivity index (χ0) is 10.6. The van der Waals surface area contributed by atoms with Gasteiger partial charge < -0.3 is 21.5 Å². The molecular formula is C8H9N3O3. The van der Waals surface area contributed by atoms with Crippen molar-refractivity contribution in [1.82, 2.24) is 0 Å². The number of hydrogen-bond acceptors (Lipinski definition) is 3. The summed E-state index contributed by atoms with van der Waals surface area (Å²) in [5.41, 5.74) is 10.2. The van der Waals surface area contributed by atoms with Gasteiger partial charge in [0.15, 0.2) is 0 Å². The van der Waals surface area contributed by atoms with E-state index in [1.54, 1.807) is 0 Å². The Balaban J connectivity index is 2.68. The number of nitrogens with one attached hydrogen (secondary N) is 1. The first kappa shape index (κ1) is 9.85. The van der Waals surface area contributed by atoms with Crippen LogP contribution in [0.1, 0.15) is 0 Å². The van der Waals surface area contributed by atoms with E-state index >= 15 is 0 Å². The summed E-state index contributed by atoms with van der Waals surface area (Å²) in [7, 11) is 0. The largest absolute Gasteiger partial charge is 0.411 e. The Morgan fingerprint density at radius 1 is 1.14 bits per heavy atom. The lowest BCUT2D eigenvalue weighted by atomic mass is 10.3. The average molecular weight is 195 g/mol. The van der Waals surface area contributed by atoms with Crippen molar-refractivity contribution in [2.75, 3.05) is 5.32 Å². The molecule has 0 radical (unpaired) electrons. The van der Waals surface area contributed by atoms with Crippen molar-refractivity contribution < 1.29 is 14.3 Å². The van der Waals surface area contributed by atoms with Crippen LogP contribution in [0.15, 0.2) is 24.3 Å². The molecular weight excluding hydrogens is 186 g/mol. The molecule has 0 unspecified atom stereocenters.